The minimum atomic E-state index is 0.0737. The van der Waals surface area contributed by atoms with Crippen LogP contribution in [0, 0.1) is 5.92 Å². The van der Waals surface area contributed by atoms with Crippen LogP contribution in [0.15, 0.2) is 22.7 Å². The zero-order chi connectivity index (χ0) is 15.5. The van der Waals surface area contributed by atoms with Gasteiger partial charge >= 0.3 is 0 Å². The van der Waals surface area contributed by atoms with Crippen molar-refractivity contribution in [1.82, 2.24) is 9.80 Å². The average Bonchev–Trinajstić information content (AvgIpc) is 3.00. The quantitative estimate of drug-likeness (QED) is 0.837. The van der Waals surface area contributed by atoms with Gasteiger partial charge in [-0.3, -0.25) is 4.79 Å². The summed E-state index contributed by atoms with van der Waals surface area (Å²) in [5.41, 5.74) is 7.16. The molecule has 120 valence electrons. The molecule has 2 aliphatic heterocycles. The maximum absolute atomic E-state index is 12.6. The lowest BCUT2D eigenvalue weighted by Crippen LogP contribution is -2.41. The number of amides is 1. The van der Waals surface area contributed by atoms with Crippen molar-refractivity contribution in [3.8, 4) is 0 Å². The molecule has 2 heterocycles. The van der Waals surface area contributed by atoms with Gasteiger partial charge in [-0.1, -0.05) is 15.9 Å². The molecule has 0 aliphatic carbocycles. The molecule has 0 unspecified atom stereocenters. The van der Waals surface area contributed by atoms with Crippen molar-refractivity contribution in [3.63, 3.8) is 0 Å². The summed E-state index contributed by atoms with van der Waals surface area (Å²) in [6, 6.07) is 5.50. The van der Waals surface area contributed by atoms with Crippen LogP contribution in [0.5, 0.6) is 0 Å². The predicted molar refractivity (Wildman–Crippen MR) is 92.9 cm³/mol. The normalized spacial score (nSPS) is 20.5. The maximum atomic E-state index is 12.6. The first kappa shape index (κ1) is 15.8. The van der Waals surface area contributed by atoms with E-state index in [1.54, 1.807) is 6.07 Å². The minimum Gasteiger partial charge on any atom is -0.398 e. The Labute approximate surface area is 140 Å². The first-order chi connectivity index (χ1) is 10.6. The van der Waals surface area contributed by atoms with Gasteiger partial charge in [0.25, 0.3) is 5.91 Å². The Bertz CT molecular complexity index is 535. The standard InChI is InChI=1S/C17H24BrN3O/c18-14-3-4-15(16(19)11-14)17(22)21-9-5-13(6-10-21)12-20-7-1-2-8-20/h3-4,11,13H,1-2,5-10,12,19H2. The van der Waals surface area contributed by atoms with Gasteiger partial charge in [-0.2, -0.15) is 0 Å². The lowest BCUT2D eigenvalue weighted by molar-refractivity contribution is 0.0674. The van der Waals surface area contributed by atoms with E-state index in [-0.39, 0.29) is 5.91 Å². The maximum Gasteiger partial charge on any atom is 0.255 e. The molecular weight excluding hydrogens is 342 g/mol. The number of rotatable bonds is 3. The largest absolute Gasteiger partial charge is 0.398 e. The van der Waals surface area contributed by atoms with Crippen molar-refractivity contribution in [2.45, 2.75) is 25.7 Å². The molecule has 1 amide bonds. The van der Waals surface area contributed by atoms with Gasteiger partial charge in [-0.05, 0) is 62.9 Å². The predicted octanol–water partition coefficient (Wildman–Crippen LogP) is 2.98. The van der Waals surface area contributed by atoms with E-state index < -0.39 is 0 Å². The van der Waals surface area contributed by atoms with E-state index in [1.807, 2.05) is 17.0 Å². The highest BCUT2D eigenvalue weighted by Crippen LogP contribution is 2.24. The fourth-order valence-electron chi connectivity index (χ4n) is 3.55. The summed E-state index contributed by atoms with van der Waals surface area (Å²) in [7, 11) is 0. The third kappa shape index (κ3) is 3.63. The van der Waals surface area contributed by atoms with Gasteiger partial charge in [-0.25, -0.2) is 0 Å². The van der Waals surface area contributed by atoms with Crippen molar-refractivity contribution in [2.75, 3.05) is 38.5 Å². The highest BCUT2D eigenvalue weighted by atomic mass is 79.9. The Morgan fingerprint density at radius 3 is 2.50 bits per heavy atom. The Kier molecular flexibility index (Phi) is 5.03. The molecule has 2 saturated heterocycles. The van der Waals surface area contributed by atoms with Crippen LogP contribution in [-0.4, -0.2) is 48.4 Å². The summed E-state index contributed by atoms with van der Waals surface area (Å²) < 4.78 is 0.908. The average molecular weight is 366 g/mol. The Morgan fingerprint density at radius 1 is 1.18 bits per heavy atom. The Balaban J connectivity index is 1.55. The number of likely N-dealkylation sites (tertiary alicyclic amines) is 2. The fourth-order valence-corrected chi connectivity index (χ4v) is 3.93. The molecule has 5 heteroatoms. The van der Waals surface area contributed by atoms with Crippen LogP contribution in [0.2, 0.25) is 0 Å². The number of nitrogens with zero attached hydrogens (tertiary/aromatic N) is 2. The summed E-state index contributed by atoms with van der Waals surface area (Å²) >= 11 is 3.38. The van der Waals surface area contributed by atoms with Crippen LogP contribution in [0.4, 0.5) is 5.69 Å². The summed E-state index contributed by atoms with van der Waals surface area (Å²) in [4.78, 5) is 17.1. The summed E-state index contributed by atoms with van der Waals surface area (Å²) in [6.45, 7) is 5.44. The molecule has 0 atom stereocenters. The summed E-state index contributed by atoms with van der Waals surface area (Å²) in [6.07, 6.45) is 4.91. The van der Waals surface area contributed by atoms with E-state index in [2.05, 4.69) is 20.8 Å². The number of nitrogens with two attached hydrogens (primary N) is 1. The van der Waals surface area contributed by atoms with Crippen LogP contribution in [0.25, 0.3) is 0 Å². The van der Waals surface area contributed by atoms with E-state index in [0.717, 1.165) is 36.3 Å². The zero-order valence-electron chi connectivity index (χ0n) is 12.9. The van der Waals surface area contributed by atoms with Crippen LogP contribution in [-0.2, 0) is 0 Å². The van der Waals surface area contributed by atoms with E-state index in [9.17, 15) is 4.79 Å². The fraction of sp³-hybridized carbons (Fsp3) is 0.588. The highest BCUT2D eigenvalue weighted by molar-refractivity contribution is 9.10. The molecular formula is C17H24BrN3O. The van der Waals surface area contributed by atoms with Gasteiger partial charge in [0.2, 0.25) is 0 Å². The zero-order valence-corrected chi connectivity index (χ0v) is 14.5. The van der Waals surface area contributed by atoms with Gasteiger partial charge < -0.3 is 15.5 Å². The van der Waals surface area contributed by atoms with E-state index >= 15 is 0 Å². The Morgan fingerprint density at radius 2 is 1.86 bits per heavy atom. The minimum absolute atomic E-state index is 0.0737. The molecule has 22 heavy (non-hydrogen) atoms. The van der Waals surface area contributed by atoms with Gasteiger partial charge in [0.1, 0.15) is 0 Å². The van der Waals surface area contributed by atoms with E-state index in [4.69, 9.17) is 5.73 Å². The van der Waals surface area contributed by atoms with Crippen molar-refractivity contribution >= 4 is 27.5 Å². The Hall–Kier alpha value is -1.07. The molecule has 1 aromatic carbocycles. The summed E-state index contributed by atoms with van der Waals surface area (Å²) in [5.74, 6) is 0.814. The molecule has 0 radical (unpaired) electrons. The number of benzene rings is 1. The number of anilines is 1. The second-order valence-corrected chi connectivity index (χ2v) is 7.39. The third-order valence-corrected chi connectivity index (χ3v) is 5.35. The molecule has 3 rings (SSSR count). The van der Waals surface area contributed by atoms with Crippen molar-refractivity contribution in [2.24, 2.45) is 5.92 Å². The van der Waals surface area contributed by atoms with Gasteiger partial charge in [-0.15, -0.1) is 0 Å². The lowest BCUT2D eigenvalue weighted by Gasteiger charge is -2.34. The number of nitrogen functional groups attached to an aromatic ring is 1. The van der Waals surface area contributed by atoms with Crippen molar-refractivity contribution in [3.05, 3.63) is 28.2 Å². The van der Waals surface area contributed by atoms with Crippen LogP contribution in [0.1, 0.15) is 36.0 Å². The molecule has 4 nitrogen and oxygen atoms in total. The molecule has 0 saturated carbocycles. The molecule has 2 aliphatic rings. The van der Waals surface area contributed by atoms with Crippen LogP contribution in [0.3, 0.4) is 0 Å². The second kappa shape index (κ2) is 7.01. The number of hydrogen-bond donors (Lipinski definition) is 1. The molecule has 2 fully saturated rings. The SMILES string of the molecule is Nc1cc(Br)ccc1C(=O)N1CCC(CN2CCCC2)CC1. The molecule has 0 aromatic heterocycles. The molecule has 0 bridgehead atoms. The smallest absolute Gasteiger partial charge is 0.255 e. The van der Waals surface area contributed by atoms with Gasteiger partial charge in [0.05, 0.1) is 5.56 Å². The third-order valence-electron chi connectivity index (χ3n) is 4.86. The number of piperidine rings is 1. The first-order valence-corrected chi connectivity index (χ1v) is 8.99. The summed E-state index contributed by atoms with van der Waals surface area (Å²) in [5, 5.41) is 0. The van der Waals surface area contributed by atoms with E-state index in [0.29, 0.717) is 11.3 Å². The van der Waals surface area contributed by atoms with Crippen LogP contribution < -0.4 is 5.73 Å². The topological polar surface area (TPSA) is 49.6 Å². The van der Waals surface area contributed by atoms with Gasteiger partial charge in [0.15, 0.2) is 0 Å². The number of carbonyl (C=O) groups is 1. The number of halogens is 1. The van der Waals surface area contributed by atoms with Gasteiger partial charge in [0, 0.05) is 29.8 Å². The molecule has 1 aromatic rings. The number of hydrogen-bond acceptors (Lipinski definition) is 3. The second-order valence-electron chi connectivity index (χ2n) is 6.47. The van der Waals surface area contributed by atoms with E-state index in [1.165, 1.54) is 32.5 Å². The van der Waals surface area contributed by atoms with Crippen molar-refractivity contribution < 1.29 is 4.79 Å². The van der Waals surface area contributed by atoms with Crippen LogP contribution >= 0.6 is 15.9 Å². The monoisotopic (exact) mass is 365 g/mol. The molecule has 2 N–H and O–H groups in total. The number of carbonyl (C=O) groups excluding carboxylic acids is 1. The molecule has 0 spiro atoms. The van der Waals surface area contributed by atoms with Crippen molar-refractivity contribution in [1.29, 1.82) is 0 Å². The highest BCUT2D eigenvalue weighted by Gasteiger charge is 2.26. The first-order valence-electron chi connectivity index (χ1n) is 8.20. The lowest BCUT2D eigenvalue weighted by atomic mass is 9.95.